The number of hydrogen-bond donors (Lipinski definition) is 1. The molecule has 2 aromatic carbocycles. The molecule has 0 spiro atoms. The number of fused-ring (bicyclic) bond motifs is 2. The molecular formula is C22H21N2O4S+. The van der Waals surface area contributed by atoms with E-state index in [1.807, 2.05) is 42.4 Å². The molecule has 29 heavy (non-hydrogen) atoms. The Kier molecular flexibility index (Phi) is 4.84. The Labute approximate surface area is 169 Å². The first-order valence-electron chi connectivity index (χ1n) is 9.32. The van der Waals surface area contributed by atoms with E-state index in [4.69, 9.17) is 0 Å². The Bertz CT molecular complexity index is 1190. The third kappa shape index (κ3) is 3.49. The van der Waals surface area contributed by atoms with Gasteiger partial charge in [0.25, 0.3) is 0 Å². The lowest BCUT2D eigenvalue weighted by Crippen LogP contribution is -2.35. The molecule has 1 aromatic heterocycles. The van der Waals surface area contributed by atoms with Gasteiger partial charge in [0.05, 0.1) is 26.7 Å². The summed E-state index contributed by atoms with van der Waals surface area (Å²) in [6.45, 7) is 3.43. The first-order chi connectivity index (χ1) is 13.9. The minimum atomic E-state index is -3.78. The predicted octanol–water partition coefficient (Wildman–Crippen LogP) is 3.36. The van der Waals surface area contributed by atoms with Crippen LogP contribution in [0.3, 0.4) is 0 Å². The van der Waals surface area contributed by atoms with Gasteiger partial charge in [0.1, 0.15) is 6.54 Å². The number of para-hydroxylation sites is 1. The fourth-order valence-electron chi connectivity index (χ4n) is 3.57. The zero-order valence-electron chi connectivity index (χ0n) is 15.9. The highest BCUT2D eigenvalue weighted by Crippen LogP contribution is 2.44. The maximum absolute atomic E-state index is 13.1. The van der Waals surface area contributed by atoms with Crippen LogP contribution in [0, 0.1) is 6.92 Å². The predicted molar refractivity (Wildman–Crippen MR) is 108 cm³/mol. The van der Waals surface area contributed by atoms with Gasteiger partial charge in [0.2, 0.25) is 9.84 Å². The Morgan fingerprint density at radius 2 is 1.69 bits per heavy atom. The quantitative estimate of drug-likeness (QED) is 0.654. The van der Waals surface area contributed by atoms with E-state index in [-0.39, 0.29) is 15.4 Å². The number of hydrogen-bond acceptors (Lipinski definition) is 4. The number of carboxylic acids is 1. The summed E-state index contributed by atoms with van der Waals surface area (Å²) < 4.78 is 28.3. The van der Waals surface area contributed by atoms with Crippen LogP contribution in [0.15, 0.2) is 76.8 Å². The highest BCUT2D eigenvalue weighted by molar-refractivity contribution is 7.92. The van der Waals surface area contributed by atoms with E-state index in [2.05, 4.69) is 4.57 Å². The minimum Gasteiger partial charge on any atom is -0.478 e. The Morgan fingerprint density at radius 3 is 2.41 bits per heavy atom. The van der Waals surface area contributed by atoms with Crippen LogP contribution in [0.2, 0.25) is 0 Å². The molecule has 0 unspecified atom stereocenters. The lowest BCUT2D eigenvalue weighted by molar-refractivity contribution is -0.697. The summed E-state index contributed by atoms with van der Waals surface area (Å²) in [6, 6.07) is 15.2. The molecule has 0 amide bonds. The second-order valence-corrected chi connectivity index (χ2v) is 8.96. The van der Waals surface area contributed by atoms with Gasteiger partial charge < -0.3 is 10.0 Å². The number of sulfone groups is 1. The summed E-state index contributed by atoms with van der Waals surface area (Å²) in [5.74, 6) is -1.15. The van der Waals surface area contributed by atoms with E-state index < -0.39 is 15.8 Å². The summed E-state index contributed by atoms with van der Waals surface area (Å²) >= 11 is 0. The number of rotatable bonds is 5. The molecule has 3 aromatic rings. The number of anilines is 2. The van der Waals surface area contributed by atoms with Crippen molar-refractivity contribution < 1.29 is 22.9 Å². The van der Waals surface area contributed by atoms with Gasteiger partial charge >= 0.3 is 5.97 Å². The molecule has 0 fully saturated rings. The summed E-state index contributed by atoms with van der Waals surface area (Å²) in [4.78, 5) is 13.6. The zero-order chi connectivity index (χ0) is 20.6. The third-order valence-electron chi connectivity index (χ3n) is 5.09. The van der Waals surface area contributed by atoms with Crippen molar-refractivity contribution in [1.82, 2.24) is 0 Å². The first kappa shape index (κ1) is 19.1. The monoisotopic (exact) mass is 409 g/mol. The van der Waals surface area contributed by atoms with Crippen molar-refractivity contribution in [1.29, 1.82) is 0 Å². The molecule has 4 rings (SSSR count). The second-order valence-electron chi connectivity index (χ2n) is 7.08. The Morgan fingerprint density at radius 1 is 1.00 bits per heavy atom. The van der Waals surface area contributed by atoms with Gasteiger partial charge in [-0.1, -0.05) is 12.1 Å². The summed E-state index contributed by atoms with van der Waals surface area (Å²) in [6.07, 6.45) is 4.84. The van der Waals surface area contributed by atoms with Crippen LogP contribution in [0.1, 0.15) is 22.3 Å². The fourth-order valence-corrected chi connectivity index (χ4v) is 5.26. The number of carbonyl (C=O) groups is 1. The van der Waals surface area contributed by atoms with Crippen LogP contribution in [0.25, 0.3) is 0 Å². The molecule has 6 nitrogen and oxygen atoms in total. The van der Waals surface area contributed by atoms with Crippen molar-refractivity contribution in [3.63, 3.8) is 0 Å². The van der Waals surface area contributed by atoms with Crippen LogP contribution in [-0.4, -0.2) is 26.0 Å². The van der Waals surface area contributed by atoms with Gasteiger partial charge in [-0.3, -0.25) is 0 Å². The van der Waals surface area contributed by atoms with Gasteiger partial charge in [-0.05, 0) is 42.8 Å². The molecule has 0 aliphatic carbocycles. The molecule has 1 aliphatic heterocycles. The highest BCUT2D eigenvalue weighted by atomic mass is 32.2. The normalized spacial score (nSPS) is 14.2. The molecule has 2 heterocycles. The van der Waals surface area contributed by atoms with E-state index in [1.54, 1.807) is 24.3 Å². The number of aromatic nitrogens is 1. The van der Waals surface area contributed by atoms with E-state index in [9.17, 15) is 18.3 Å². The smallest absolute Gasteiger partial charge is 0.335 e. The van der Waals surface area contributed by atoms with Crippen molar-refractivity contribution in [3.05, 3.63) is 78.1 Å². The Balaban J connectivity index is 1.70. The van der Waals surface area contributed by atoms with E-state index >= 15 is 0 Å². The molecular weight excluding hydrogens is 388 g/mol. The molecule has 0 bridgehead atoms. The molecule has 148 valence electrons. The van der Waals surface area contributed by atoms with Crippen molar-refractivity contribution in [2.45, 2.75) is 29.7 Å². The number of pyridine rings is 1. The van der Waals surface area contributed by atoms with Crippen LogP contribution in [0.5, 0.6) is 0 Å². The van der Waals surface area contributed by atoms with Crippen LogP contribution in [0.4, 0.5) is 11.4 Å². The van der Waals surface area contributed by atoms with E-state index in [1.165, 1.54) is 17.7 Å². The van der Waals surface area contributed by atoms with Crippen LogP contribution in [-0.2, 0) is 16.4 Å². The van der Waals surface area contributed by atoms with Crippen molar-refractivity contribution in [3.8, 4) is 0 Å². The van der Waals surface area contributed by atoms with Crippen molar-refractivity contribution >= 4 is 27.2 Å². The van der Waals surface area contributed by atoms with Gasteiger partial charge in [-0.15, -0.1) is 0 Å². The minimum absolute atomic E-state index is 0.0399. The van der Waals surface area contributed by atoms with Crippen molar-refractivity contribution in [2.75, 3.05) is 11.4 Å². The molecule has 0 radical (unpaired) electrons. The molecule has 7 heteroatoms. The number of aryl methyl sites for hydroxylation is 2. The molecule has 0 saturated heterocycles. The first-order valence-corrected chi connectivity index (χ1v) is 10.8. The van der Waals surface area contributed by atoms with Gasteiger partial charge in [-0.2, -0.15) is 0 Å². The number of aromatic carboxylic acids is 1. The SMILES string of the molecule is Cc1cc[n+](CCCN2c3ccccc3S(=O)(=O)c3cc(C(=O)O)ccc32)cc1. The standard InChI is InChI=1S/C22H20N2O4S/c1-16-9-13-23(14-10-16)11-4-12-24-18-5-2-3-6-20(18)29(27,28)21-15-17(22(25)26)7-8-19(21)24/h2-3,5-10,13-15H,4,11-12H2,1H3/p+1. The average Bonchev–Trinajstić information content (AvgIpc) is 2.71. The van der Waals surface area contributed by atoms with Gasteiger partial charge in [-0.25, -0.2) is 17.8 Å². The van der Waals surface area contributed by atoms with Gasteiger partial charge in [0, 0.05) is 25.1 Å². The zero-order valence-corrected chi connectivity index (χ0v) is 16.8. The number of benzene rings is 2. The largest absolute Gasteiger partial charge is 0.478 e. The lowest BCUT2D eigenvalue weighted by atomic mass is 10.1. The molecule has 0 atom stereocenters. The van der Waals surface area contributed by atoms with Crippen LogP contribution >= 0.6 is 0 Å². The summed E-state index contributed by atoms with van der Waals surface area (Å²) in [5.41, 5.74) is 2.29. The van der Waals surface area contributed by atoms with Gasteiger partial charge in [0.15, 0.2) is 12.4 Å². The number of nitrogens with zero attached hydrogens (tertiary/aromatic N) is 2. The van der Waals surface area contributed by atoms with Crippen LogP contribution < -0.4 is 9.47 Å². The lowest BCUT2D eigenvalue weighted by Gasteiger charge is -2.32. The maximum atomic E-state index is 13.1. The fraction of sp³-hybridized carbons (Fsp3) is 0.182. The molecule has 1 aliphatic rings. The van der Waals surface area contributed by atoms with E-state index in [0.717, 1.165) is 13.0 Å². The second kappa shape index (κ2) is 7.33. The number of carboxylic acid groups (broad SMARTS) is 1. The average molecular weight is 409 g/mol. The molecule has 0 saturated carbocycles. The maximum Gasteiger partial charge on any atom is 0.335 e. The van der Waals surface area contributed by atoms with E-state index in [0.29, 0.717) is 17.9 Å². The highest BCUT2D eigenvalue weighted by Gasteiger charge is 2.34. The van der Waals surface area contributed by atoms with Crippen molar-refractivity contribution in [2.24, 2.45) is 0 Å². The topological polar surface area (TPSA) is 78.6 Å². The summed E-state index contributed by atoms with van der Waals surface area (Å²) in [7, 11) is -3.78. The summed E-state index contributed by atoms with van der Waals surface area (Å²) in [5, 5.41) is 9.29. The Hall–Kier alpha value is -3.19. The molecule has 1 N–H and O–H groups in total. The third-order valence-corrected chi connectivity index (χ3v) is 6.92.